The van der Waals surface area contributed by atoms with Crippen molar-refractivity contribution in [1.82, 2.24) is 9.97 Å². The van der Waals surface area contributed by atoms with Gasteiger partial charge in [0.05, 0.1) is 17.9 Å². The van der Waals surface area contributed by atoms with Gasteiger partial charge in [0.25, 0.3) is 0 Å². The molecule has 86 valence electrons. The van der Waals surface area contributed by atoms with E-state index in [9.17, 15) is 4.79 Å². The smallest absolute Gasteiger partial charge is 0.341 e. The van der Waals surface area contributed by atoms with Crippen molar-refractivity contribution in [2.45, 2.75) is 39.0 Å². The fourth-order valence-corrected chi connectivity index (χ4v) is 1.76. The van der Waals surface area contributed by atoms with Crippen molar-refractivity contribution < 1.29 is 9.53 Å². The molecule has 1 aromatic heterocycles. The monoisotopic (exact) mass is 220 g/mol. The van der Waals surface area contributed by atoms with Crippen LogP contribution in [0.4, 0.5) is 0 Å². The average molecular weight is 220 g/mol. The van der Waals surface area contributed by atoms with Crippen LogP contribution in [0.2, 0.25) is 0 Å². The fraction of sp³-hybridized carbons (Fsp3) is 0.583. The largest absolute Gasteiger partial charge is 0.462 e. The van der Waals surface area contributed by atoms with Gasteiger partial charge in [-0.2, -0.15) is 0 Å². The van der Waals surface area contributed by atoms with Crippen molar-refractivity contribution in [3.8, 4) is 0 Å². The number of carbonyl (C=O) groups is 1. The van der Waals surface area contributed by atoms with E-state index < -0.39 is 0 Å². The lowest BCUT2D eigenvalue weighted by Crippen LogP contribution is -2.16. The Labute approximate surface area is 95.1 Å². The summed E-state index contributed by atoms with van der Waals surface area (Å²) in [4.78, 5) is 20.2. The van der Waals surface area contributed by atoms with E-state index in [2.05, 4.69) is 9.97 Å². The van der Waals surface area contributed by atoms with Crippen LogP contribution < -0.4 is 0 Å². The van der Waals surface area contributed by atoms with Gasteiger partial charge in [-0.3, -0.25) is 0 Å². The minimum Gasteiger partial charge on any atom is -0.462 e. The van der Waals surface area contributed by atoms with Gasteiger partial charge in [-0.1, -0.05) is 6.42 Å². The molecular formula is C12H16N2O2. The molecule has 2 rings (SSSR count). The van der Waals surface area contributed by atoms with Gasteiger partial charge in [-0.25, -0.2) is 14.8 Å². The molecule has 1 aliphatic carbocycles. The number of nitrogens with zero attached hydrogens (tertiary/aromatic N) is 2. The summed E-state index contributed by atoms with van der Waals surface area (Å²) >= 11 is 0. The van der Waals surface area contributed by atoms with Crippen LogP contribution in [0.1, 0.15) is 54.0 Å². The van der Waals surface area contributed by atoms with Gasteiger partial charge in [-0.05, 0) is 26.7 Å². The van der Waals surface area contributed by atoms with Gasteiger partial charge < -0.3 is 4.74 Å². The number of esters is 1. The second-order valence-corrected chi connectivity index (χ2v) is 4.08. The van der Waals surface area contributed by atoms with Crippen LogP contribution in [0.25, 0.3) is 0 Å². The van der Waals surface area contributed by atoms with E-state index in [1.165, 1.54) is 6.42 Å². The highest BCUT2D eigenvalue weighted by molar-refractivity contribution is 5.90. The van der Waals surface area contributed by atoms with E-state index >= 15 is 0 Å². The fourth-order valence-electron chi connectivity index (χ4n) is 1.76. The Balaban J connectivity index is 2.18. The number of aryl methyl sites for hydroxylation is 1. The van der Waals surface area contributed by atoms with Crippen molar-refractivity contribution >= 4 is 5.97 Å². The predicted molar refractivity (Wildman–Crippen MR) is 59.3 cm³/mol. The summed E-state index contributed by atoms with van der Waals surface area (Å²) in [7, 11) is 0. The molecule has 0 radical (unpaired) electrons. The van der Waals surface area contributed by atoms with E-state index in [4.69, 9.17) is 4.74 Å². The zero-order valence-corrected chi connectivity index (χ0v) is 9.69. The molecule has 1 saturated carbocycles. The first kappa shape index (κ1) is 11.0. The normalized spacial score (nSPS) is 15.6. The summed E-state index contributed by atoms with van der Waals surface area (Å²) in [5.41, 5.74) is 1.19. The number of rotatable bonds is 3. The quantitative estimate of drug-likeness (QED) is 0.733. The van der Waals surface area contributed by atoms with E-state index in [-0.39, 0.29) is 5.97 Å². The third-order valence-corrected chi connectivity index (χ3v) is 2.96. The molecular weight excluding hydrogens is 204 g/mol. The summed E-state index contributed by atoms with van der Waals surface area (Å²) in [6.45, 7) is 4.00. The first-order valence-corrected chi connectivity index (χ1v) is 5.73. The van der Waals surface area contributed by atoms with Crippen LogP contribution in [0, 0.1) is 6.92 Å². The summed E-state index contributed by atoms with van der Waals surface area (Å²) in [6.07, 6.45) is 5.18. The van der Waals surface area contributed by atoms with Crippen LogP contribution in [0.5, 0.6) is 0 Å². The molecule has 0 saturated heterocycles. The SMILES string of the molecule is CCOC(=O)c1cnc(C2CCC2)nc1C. The Morgan fingerprint density at radius 1 is 1.56 bits per heavy atom. The lowest BCUT2D eigenvalue weighted by molar-refractivity contribution is 0.0524. The van der Waals surface area contributed by atoms with Gasteiger partial charge in [-0.15, -0.1) is 0 Å². The Morgan fingerprint density at radius 3 is 2.81 bits per heavy atom. The first-order valence-electron chi connectivity index (χ1n) is 5.73. The molecule has 1 heterocycles. The molecule has 0 amide bonds. The second kappa shape index (κ2) is 4.60. The van der Waals surface area contributed by atoms with Crippen molar-refractivity contribution in [3.05, 3.63) is 23.3 Å². The highest BCUT2D eigenvalue weighted by Crippen LogP contribution is 2.34. The van der Waals surface area contributed by atoms with Crippen molar-refractivity contribution in [3.63, 3.8) is 0 Å². The van der Waals surface area contributed by atoms with Crippen LogP contribution >= 0.6 is 0 Å². The van der Waals surface area contributed by atoms with Crippen molar-refractivity contribution in [1.29, 1.82) is 0 Å². The summed E-state index contributed by atoms with van der Waals surface area (Å²) < 4.78 is 4.93. The maximum atomic E-state index is 11.5. The molecule has 0 bridgehead atoms. The second-order valence-electron chi connectivity index (χ2n) is 4.08. The van der Waals surface area contributed by atoms with Gasteiger partial charge >= 0.3 is 5.97 Å². The van der Waals surface area contributed by atoms with Gasteiger partial charge in [0.1, 0.15) is 5.82 Å². The number of aromatic nitrogens is 2. The minimum absolute atomic E-state index is 0.333. The molecule has 0 aromatic carbocycles. The maximum absolute atomic E-state index is 11.5. The summed E-state index contributed by atoms with van der Waals surface area (Å²) in [5, 5.41) is 0. The van der Waals surface area contributed by atoms with Crippen LogP contribution in [0.3, 0.4) is 0 Å². The Morgan fingerprint density at radius 2 is 2.31 bits per heavy atom. The first-order chi connectivity index (χ1) is 7.72. The third kappa shape index (κ3) is 2.05. The Bertz CT molecular complexity index is 400. The highest BCUT2D eigenvalue weighted by atomic mass is 16.5. The van der Waals surface area contributed by atoms with E-state index in [0.717, 1.165) is 24.4 Å². The molecule has 1 aliphatic rings. The van der Waals surface area contributed by atoms with Gasteiger partial charge in [0.15, 0.2) is 0 Å². The zero-order chi connectivity index (χ0) is 11.5. The summed E-state index contributed by atoms with van der Waals surface area (Å²) in [6, 6.07) is 0. The van der Waals surface area contributed by atoms with Crippen LogP contribution in [-0.4, -0.2) is 22.5 Å². The zero-order valence-electron chi connectivity index (χ0n) is 9.69. The summed E-state index contributed by atoms with van der Waals surface area (Å²) in [5.74, 6) is 1.03. The van der Waals surface area contributed by atoms with E-state index in [1.807, 2.05) is 6.92 Å². The average Bonchev–Trinajstić information content (AvgIpc) is 2.15. The number of ether oxygens (including phenoxy) is 1. The molecule has 4 nitrogen and oxygen atoms in total. The molecule has 0 aliphatic heterocycles. The van der Waals surface area contributed by atoms with Crippen molar-refractivity contribution in [2.75, 3.05) is 6.61 Å². The molecule has 16 heavy (non-hydrogen) atoms. The van der Waals surface area contributed by atoms with Crippen LogP contribution in [0.15, 0.2) is 6.20 Å². The Hall–Kier alpha value is -1.45. The standard InChI is InChI=1S/C12H16N2O2/c1-3-16-12(15)10-7-13-11(14-8(10)2)9-5-4-6-9/h7,9H,3-6H2,1-2H3. The third-order valence-electron chi connectivity index (χ3n) is 2.96. The molecule has 0 unspecified atom stereocenters. The molecule has 1 aromatic rings. The Kier molecular flexibility index (Phi) is 3.17. The van der Waals surface area contributed by atoms with Gasteiger partial charge in [0, 0.05) is 12.1 Å². The van der Waals surface area contributed by atoms with Crippen LogP contribution in [-0.2, 0) is 4.74 Å². The predicted octanol–water partition coefficient (Wildman–Crippen LogP) is 2.23. The number of hydrogen-bond donors (Lipinski definition) is 0. The lowest BCUT2D eigenvalue weighted by atomic mass is 9.85. The molecule has 4 heteroatoms. The van der Waals surface area contributed by atoms with E-state index in [1.54, 1.807) is 13.1 Å². The molecule has 0 atom stereocenters. The lowest BCUT2D eigenvalue weighted by Gasteiger charge is -2.23. The maximum Gasteiger partial charge on any atom is 0.341 e. The number of hydrogen-bond acceptors (Lipinski definition) is 4. The highest BCUT2D eigenvalue weighted by Gasteiger charge is 2.23. The van der Waals surface area contributed by atoms with E-state index in [0.29, 0.717) is 18.1 Å². The van der Waals surface area contributed by atoms with Crippen molar-refractivity contribution in [2.24, 2.45) is 0 Å². The number of carbonyl (C=O) groups excluding carboxylic acids is 1. The van der Waals surface area contributed by atoms with Gasteiger partial charge in [0.2, 0.25) is 0 Å². The molecule has 0 N–H and O–H groups in total. The molecule has 0 spiro atoms. The topological polar surface area (TPSA) is 52.1 Å². The minimum atomic E-state index is -0.333. The molecule has 1 fully saturated rings.